The van der Waals surface area contributed by atoms with Crippen molar-refractivity contribution in [1.82, 2.24) is 15.3 Å². The van der Waals surface area contributed by atoms with E-state index in [1.54, 1.807) is 19.4 Å². The molecule has 2 aromatic carbocycles. The summed E-state index contributed by atoms with van der Waals surface area (Å²) < 4.78 is 11.5. The fourth-order valence-electron chi connectivity index (χ4n) is 3.68. The molecule has 0 unspecified atom stereocenters. The number of carbonyl (C=O) groups excluding carboxylic acids is 1. The summed E-state index contributed by atoms with van der Waals surface area (Å²) in [6.45, 7) is 6.33. The van der Waals surface area contributed by atoms with Crippen molar-refractivity contribution in [2.24, 2.45) is 0 Å². The zero-order valence-electron chi connectivity index (χ0n) is 18.6. The van der Waals surface area contributed by atoms with Crippen molar-refractivity contribution in [1.29, 1.82) is 0 Å². The molecule has 2 aromatic heterocycles. The number of pyridine rings is 2. The van der Waals surface area contributed by atoms with E-state index in [1.165, 1.54) is 0 Å². The SMILES string of the molecule is COc1ccc2c(Oc3cccc(C(=O)NCc4c(C)cncc4C)c3C)ccnc2c1. The van der Waals surface area contributed by atoms with Gasteiger partial charge in [0.15, 0.2) is 0 Å². The van der Waals surface area contributed by atoms with Crippen molar-refractivity contribution in [3.8, 4) is 17.2 Å². The number of carbonyl (C=O) groups is 1. The van der Waals surface area contributed by atoms with Gasteiger partial charge in [-0.05, 0) is 67.8 Å². The predicted octanol–water partition coefficient (Wildman–Crippen LogP) is 5.29. The molecule has 0 spiro atoms. The van der Waals surface area contributed by atoms with Gasteiger partial charge in [0.05, 0.1) is 12.6 Å². The Morgan fingerprint density at radius 3 is 2.53 bits per heavy atom. The van der Waals surface area contributed by atoms with Gasteiger partial charge in [-0.1, -0.05) is 6.07 Å². The van der Waals surface area contributed by atoms with Crippen LogP contribution in [0, 0.1) is 20.8 Å². The van der Waals surface area contributed by atoms with Crippen molar-refractivity contribution in [3.05, 3.63) is 88.9 Å². The predicted molar refractivity (Wildman–Crippen MR) is 124 cm³/mol. The fraction of sp³-hybridized carbons (Fsp3) is 0.192. The van der Waals surface area contributed by atoms with Crippen LogP contribution in [0.3, 0.4) is 0 Å². The van der Waals surface area contributed by atoms with Crippen molar-refractivity contribution >= 4 is 16.8 Å². The van der Waals surface area contributed by atoms with E-state index in [4.69, 9.17) is 9.47 Å². The molecule has 0 bridgehead atoms. The van der Waals surface area contributed by atoms with Crippen LogP contribution >= 0.6 is 0 Å². The van der Waals surface area contributed by atoms with Crippen molar-refractivity contribution in [2.45, 2.75) is 27.3 Å². The van der Waals surface area contributed by atoms with Gasteiger partial charge in [-0.2, -0.15) is 0 Å². The van der Waals surface area contributed by atoms with E-state index < -0.39 is 0 Å². The Balaban J connectivity index is 1.58. The molecule has 6 nitrogen and oxygen atoms in total. The summed E-state index contributed by atoms with van der Waals surface area (Å²) in [4.78, 5) is 21.5. The molecule has 0 saturated heterocycles. The molecule has 6 heteroatoms. The van der Waals surface area contributed by atoms with Crippen LogP contribution in [-0.4, -0.2) is 23.0 Å². The number of hydrogen-bond acceptors (Lipinski definition) is 5. The number of nitrogens with one attached hydrogen (secondary N) is 1. The molecule has 1 N–H and O–H groups in total. The Morgan fingerprint density at radius 1 is 1.00 bits per heavy atom. The number of methoxy groups -OCH3 is 1. The zero-order chi connectivity index (χ0) is 22.7. The third-order valence-electron chi connectivity index (χ3n) is 5.57. The number of hydrogen-bond donors (Lipinski definition) is 1. The van der Waals surface area contributed by atoms with E-state index in [9.17, 15) is 4.79 Å². The van der Waals surface area contributed by atoms with Gasteiger partial charge < -0.3 is 14.8 Å². The fourth-order valence-corrected chi connectivity index (χ4v) is 3.68. The Morgan fingerprint density at radius 2 is 1.78 bits per heavy atom. The maximum absolute atomic E-state index is 12.9. The van der Waals surface area contributed by atoms with E-state index in [1.807, 2.05) is 69.6 Å². The lowest BCUT2D eigenvalue weighted by Crippen LogP contribution is -2.24. The van der Waals surface area contributed by atoms with Crippen LogP contribution in [-0.2, 0) is 6.54 Å². The maximum atomic E-state index is 12.9. The van der Waals surface area contributed by atoms with Crippen LogP contribution in [0.15, 0.2) is 61.1 Å². The third kappa shape index (κ3) is 4.25. The molecule has 4 rings (SSSR count). The second-order valence-corrected chi connectivity index (χ2v) is 7.66. The minimum atomic E-state index is -0.145. The highest BCUT2D eigenvalue weighted by Crippen LogP contribution is 2.33. The van der Waals surface area contributed by atoms with Crippen LogP contribution in [0.25, 0.3) is 10.9 Å². The maximum Gasteiger partial charge on any atom is 0.251 e. The minimum absolute atomic E-state index is 0.145. The Bertz CT molecular complexity index is 1280. The molecule has 4 aromatic rings. The molecule has 1 amide bonds. The summed E-state index contributed by atoms with van der Waals surface area (Å²) in [5, 5.41) is 3.89. The highest BCUT2D eigenvalue weighted by molar-refractivity contribution is 5.96. The molecule has 2 heterocycles. The van der Waals surface area contributed by atoms with Gasteiger partial charge in [-0.25, -0.2) is 0 Å². The minimum Gasteiger partial charge on any atom is -0.497 e. The first-order valence-electron chi connectivity index (χ1n) is 10.4. The number of amides is 1. The first-order chi connectivity index (χ1) is 15.5. The number of aryl methyl sites for hydroxylation is 2. The number of rotatable bonds is 6. The summed E-state index contributed by atoms with van der Waals surface area (Å²) in [5.41, 5.74) is 5.31. The molecule has 0 saturated carbocycles. The molecule has 32 heavy (non-hydrogen) atoms. The van der Waals surface area contributed by atoms with Gasteiger partial charge in [0.2, 0.25) is 0 Å². The second kappa shape index (κ2) is 9.06. The van der Waals surface area contributed by atoms with Crippen LogP contribution in [0.5, 0.6) is 17.2 Å². The van der Waals surface area contributed by atoms with Crippen molar-refractivity contribution < 1.29 is 14.3 Å². The number of aromatic nitrogens is 2. The largest absolute Gasteiger partial charge is 0.497 e. The number of fused-ring (bicyclic) bond motifs is 1. The van der Waals surface area contributed by atoms with E-state index in [0.29, 0.717) is 23.6 Å². The highest BCUT2D eigenvalue weighted by Gasteiger charge is 2.15. The molecule has 0 aliphatic rings. The summed E-state index contributed by atoms with van der Waals surface area (Å²) in [5.74, 6) is 1.88. The lowest BCUT2D eigenvalue weighted by molar-refractivity contribution is 0.0950. The average Bonchev–Trinajstić information content (AvgIpc) is 2.79. The van der Waals surface area contributed by atoms with Gasteiger partial charge in [0.25, 0.3) is 5.91 Å². The highest BCUT2D eigenvalue weighted by atomic mass is 16.5. The van der Waals surface area contributed by atoms with E-state index in [0.717, 1.165) is 38.9 Å². The zero-order valence-corrected chi connectivity index (χ0v) is 18.6. The quantitative estimate of drug-likeness (QED) is 0.453. The van der Waals surface area contributed by atoms with Crippen LogP contribution in [0.2, 0.25) is 0 Å². The summed E-state index contributed by atoms with van der Waals surface area (Å²) >= 11 is 0. The van der Waals surface area contributed by atoms with Gasteiger partial charge >= 0.3 is 0 Å². The molecule has 162 valence electrons. The Hall–Kier alpha value is -3.93. The third-order valence-corrected chi connectivity index (χ3v) is 5.57. The number of benzene rings is 2. The van der Waals surface area contributed by atoms with Crippen LogP contribution in [0.4, 0.5) is 0 Å². The number of nitrogens with zero attached hydrogens (tertiary/aromatic N) is 2. The monoisotopic (exact) mass is 427 g/mol. The summed E-state index contributed by atoms with van der Waals surface area (Å²) in [6.07, 6.45) is 5.31. The van der Waals surface area contributed by atoms with Gasteiger partial charge in [-0.15, -0.1) is 0 Å². The Labute approximate surface area is 187 Å². The van der Waals surface area contributed by atoms with Gasteiger partial charge in [-0.3, -0.25) is 14.8 Å². The first kappa shape index (κ1) is 21.3. The van der Waals surface area contributed by atoms with Crippen molar-refractivity contribution in [3.63, 3.8) is 0 Å². The summed E-state index contributed by atoms with van der Waals surface area (Å²) in [7, 11) is 1.62. The number of ether oxygens (including phenoxy) is 2. The first-order valence-corrected chi connectivity index (χ1v) is 10.4. The molecule has 0 aliphatic heterocycles. The molecule has 0 atom stereocenters. The topological polar surface area (TPSA) is 73.3 Å². The van der Waals surface area contributed by atoms with Gasteiger partial charge in [0, 0.05) is 47.7 Å². The van der Waals surface area contributed by atoms with E-state index in [2.05, 4.69) is 15.3 Å². The lowest BCUT2D eigenvalue weighted by atomic mass is 10.0. The Kier molecular flexibility index (Phi) is 6.03. The molecular weight excluding hydrogens is 402 g/mol. The summed E-state index contributed by atoms with van der Waals surface area (Å²) in [6, 6.07) is 13.0. The lowest BCUT2D eigenvalue weighted by Gasteiger charge is -2.15. The van der Waals surface area contributed by atoms with Crippen molar-refractivity contribution in [2.75, 3.05) is 7.11 Å². The van der Waals surface area contributed by atoms with Gasteiger partial charge in [0.1, 0.15) is 17.2 Å². The molecular formula is C26H25N3O3. The molecule has 0 radical (unpaired) electrons. The standard InChI is InChI=1S/C26H25N3O3/c1-16-13-27-14-17(2)22(16)15-29-26(30)20-6-5-7-24(18(20)3)32-25-10-11-28-23-12-19(31-4)8-9-21(23)25/h5-14H,15H2,1-4H3,(H,29,30). The van der Waals surface area contributed by atoms with Crippen LogP contribution < -0.4 is 14.8 Å². The normalized spacial score (nSPS) is 10.8. The average molecular weight is 428 g/mol. The van der Waals surface area contributed by atoms with E-state index >= 15 is 0 Å². The smallest absolute Gasteiger partial charge is 0.251 e. The molecule has 0 aliphatic carbocycles. The van der Waals surface area contributed by atoms with Crippen LogP contribution in [0.1, 0.15) is 32.6 Å². The van der Waals surface area contributed by atoms with E-state index in [-0.39, 0.29) is 5.91 Å². The molecule has 0 fully saturated rings. The second-order valence-electron chi connectivity index (χ2n) is 7.66.